The van der Waals surface area contributed by atoms with Crippen LogP contribution in [0.25, 0.3) is 0 Å². The van der Waals surface area contributed by atoms with Crippen LogP contribution in [-0.4, -0.2) is 37.0 Å². The number of rotatable bonds is 1. The molecule has 0 aromatic carbocycles. The predicted molar refractivity (Wildman–Crippen MR) is 57.8 cm³/mol. The topological polar surface area (TPSA) is 32.3 Å². The highest BCUT2D eigenvalue weighted by molar-refractivity contribution is 7.10. The van der Waals surface area contributed by atoms with E-state index < -0.39 is 0 Å². The van der Waals surface area contributed by atoms with Gasteiger partial charge in [-0.05, 0) is 13.0 Å². The van der Waals surface area contributed by atoms with E-state index in [1.165, 1.54) is 4.88 Å². The Bertz CT molecular complexity index is 329. The second-order valence-electron chi connectivity index (χ2n) is 3.49. The average molecular weight is 210 g/mol. The molecule has 0 spiro atoms. The van der Waals surface area contributed by atoms with Gasteiger partial charge in [-0.15, -0.1) is 11.3 Å². The highest BCUT2D eigenvalue weighted by Gasteiger charge is 2.18. The van der Waals surface area contributed by atoms with Crippen molar-refractivity contribution in [3.63, 3.8) is 0 Å². The fourth-order valence-corrected chi connectivity index (χ4v) is 2.28. The van der Waals surface area contributed by atoms with Crippen LogP contribution in [0.5, 0.6) is 0 Å². The minimum atomic E-state index is 0.177. The number of hydrogen-bond donors (Lipinski definition) is 1. The number of nitrogens with zero attached hydrogens (tertiary/aromatic N) is 1. The molecule has 1 amide bonds. The number of piperazine rings is 1. The predicted octanol–water partition coefficient (Wildman–Crippen LogP) is 1.10. The first-order valence-corrected chi connectivity index (χ1v) is 5.70. The van der Waals surface area contributed by atoms with Gasteiger partial charge in [-0.2, -0.15) is 0 Å². The molecule has 2 heterocycles. The zero-order valence-electron chi connectivity index (χ0n) is 8.25. The van der Waals surface area contributed by atoms with Crippen molar-refractivity contribution in [1.82, 2.24) is 10.2 Å². The number of aryl methyl sites for hydroxylation is 1. The van der Waals surface area contributed by atoms with Crippen molar-refractivity contribution < 1.29 is 4.79 Å². The zero-order chi connectivity index (χ0) is 9.97. The lowest BCUT2D eigenvalue weighted by molar-refractivity contribution is 0.0736. The minimum Gasteiger partial charge on any atom is -0.336 e. The quantitative estimate of drug-likeness (QED) is 0.753. The van der Waals surface area contributed by atoms with Crippen LogP contribution in [0.3, 0.4) is 0 Å². The van der Waals surface area contributed by atoms with Crippen molar-refractivity contribution in [2.75, 3.05) is 26.2 Å². The molecule has 1 saturated heterocycles. The molecule has 1 N–H and O–H groups in total. The molecule has 0 atom stereocenters. The van der Waals surface area contributed by atoms with Gasteiger partial charge in [0, 0.05) is 36.4 Å². The Morgan fingerprint density at radius 3 is 2.79 bits per heavy atom. The van der Waals surface area contributed by atoms with Gasteiger partial charge >= 0.3 is 0 Å². The molecule has 1 aromatic heterocycles. The summed E-state index contributed by atoms with van der Waals surface area (Å²) < 4.78 is 0. The van der Waals surface area contributed by atoms with E-state index in [0.29, 0.717) is 0 Å². The zero-order valence-corrected chi connectivity index (χ0v) is 9.06. The minimum absolute atomic E-state index is 0.177. The van der Waals surface area contributed by atoms with Crippen LogP contribution in [0.2, 0.25) is 0 Å². The van der Waals surface area contributed by atoms with E-state index in [1.54, 1.807) is 11.3 Å². The second kappa shape index (κ2) is 4.11. The van der Waals surface area contributed by atoms with Crippen LogP contribution in [0, 0.1) is 6.92 Å². The Morgan fingerprint density at radius 1 is 1.50 bits per heavy atom. The molecule has 14 heavy (non-hydrogen) atoms. The van der Waals surface area contributed by atoms with Crippen LogP contribution in [0.4, 0.5) is 0 Å². The Labute approximate surface area is 87.7 Å². The van der Waals surface area contributed by atoms with Crippen molar-refractivity contribution in [3.05, 3.63) is 21.9 Å². The van der Waals surface area contributed by atoms with Crippen molar-refractivity contribution >= 4 is 17.2 Å². The summed E-state index contributed by atoms with van der Waals surface area (Å²) in [4.78, 5) is 15.0. The molecule has 4 heteroatoms. The van der Waals surface area contributed by atoms with Crippen LogP contribution in [-0.2, 0) is 0 Å². The van der Waals surface area contributed by atoms with Crippen LogP contribution < -0.4 is 5.32 Å². The van der Waals surface area contributed by atoms with Crippen molar-refractivity contribution in [2.24, 2.45) is 0 Å². The van der Waals surface area contributed by atoms with E-state index in [4.69, 9.17) is 0 Å². The molecule has 1 aromatic rings. The van der Waals surface area contributed by atoms with Gasteiger partial charge in [0.25, 0.3) is 5.91 Å². The number of thiophene rings is 1. The third-order valence-electron chi connectivity index (χ3n) is 2.38. The lowest BCUT2D eigenvalue weighted by Gasteiger charge is -2.27. The van der Waals surface area contributed by atoms with Crippen LogP contribution in [0.15, 0.2) is 11.4 Å². The molecular formula is C10H14N2OS. The first kappa shape index (κ1) is 9.68. The van der Waals surface area contributed by atoms with Gasteiger partial charge in [0.05, 0.1) is 5.56 Å². The van der Waals surface area contributed by atoms with Crippen molar-refractivity contribution in [3.8, 4) is 0 Å². The van der Waals surface area contributed by atoms with E-state index in [-0.39, 0.29) is 5.91 Å². The van der Waals surface area contributed by atoms with Gasteiger partial charge in [-0.3, -0.25) is 4.79 Å². The smallest absolute Gasteiger partial charge is 0.254 e. The van der Waals surface area contributed by atoms with E-state index >= 15 is 0 Å². The fourth-order valence-electron chi connectivity index (χ4n) is 1.61. The fraction of sp³-hybridized carbons (Fsp3) is 0.500. The Morgan fingerprint density at radius 2 is 2.21 bits per heavy atom. The summed E-state index contributed by atoms with van der Waals surface area (Å²) in [5.41, 5.74) is 0.842. The van der Waals surface area contributed by atoms with Crippen LogP contribution in [0.1, 0.15) is 15.2 Å². The van der Waals surface area contributed by atoms with E-state index in [0.717, 1.165) is 31.7 Å². The second-order valence-corrected chi connectivity index (χ2v) is 4.60. The molecule has 0 unspecified atom stereocenters. The summed E-state index contributed by atoms with van der Waals surface area (Å²) in [7, 11) is 0. The first-order valence-electron chi connectivity index (χ1n) is 4.82. The van der Waals surface area contributed by atoms with Crippen molar-refractivity contribution in [1.29, 1.82) is 0 Å². The molecule has 0 radical (unpaired) electrons. The lowest BCUT2D eigenvalue weighted by Crippen LogP contribution is -2.46. The molecule has 1 aliphatic heterocycles. The lowest BCUT2D eigenvalue weighted by atomic mass is 10.2. The Kier molecular flexibility index (Phi) is 2.84. The van der Waals surface area contributed by atoms with E-state index in [1.807, 2.05) is 23.3 Å². The molecule has 2 rings (SSSR count). The maximum atomic E-state index is 11.9. The summed E-state index contributed by atoms with van der Waals surface area (Å²) in [5.74, 6) is 0.177. The molecule has 3 nitrogen and oxygen atoms in total. The van der Waals surface area contributed by atoms with E-state index in [9.17, 15) is 4.79 Å². The largest absolute Gasteiger partial charge is 0.336 e. The van der Waals surface area contributed by atoms with Gasteiger partial charge in [0.1, 0.15) is 0 Å². The summed E-state index contributed by atoms with van der Waals surface area (Å²) in [6.45, 7) is 5.50. The summed E-state index contributed by atoms with van der Waals surface area (Å²) in [6.07, 6.45) is 0. The molecule has 76 valence electrons. The Balaban J connectivity index is 2.07. The van der Waals surface area contributed by atoms with Crippen molar-refractivity contribution in [2.45, 2.75) is 6.92 Å². The molecule has 1 aliphatic rings. The number of hydrogen-bond acceptors (Lipinski definition) is 3. The van der Waals surface area contributed by atoms with E-state index in [2.05, 4.69) is 5.32 Å². The molecule has 0 saturated carbocycles. The third kappa shape index (κ3) is 1.96. The summed E-state index contributed by atoms with van der Waals surface area (Å²) in [6, 6.07) is 1.97. The van der Waals surface area contributed by atoms with Crippen LogP contribution >= 0.6 is 11.3 Å². The van der Waals surface area contributed by atoms with Gasteiger partial charge in [-0.25, -0.2) is 0 Å². The molecule has 0 bridgehead atoms. The summed E-state index contributed by atoms with van der Waals surface area (Å²) in [5, 5.41) is 5.18. The number of nitrogens with one attached hydrogen (secondary N) is 1. The highest BCUT2D eigenvalue weighted by Crippen LogP contribution is 2.15. The number of carbonyl (C=O) groups is 1. The summed E-state index contributed by atoms with van der Waals surface area (Å²) >= 11 is 1.63. The normalized spacial score (nSPS) is 17.1. The SMILES string of the molecule is Cc1cc(C(=O)N2CCNCC2)cs1. The molecule has 1 fully saturated rings. The molecular weight excluding hydrogens is 196 g/mol. The van der Waals surface area contributed by atoms with Gasteiger partial charge in [-0.1, -0.05) is 0 Å². The maximum absolute atomic E-state index is 11.9. The number of carbonyl (C=O) groups excluding carboxylic acids is 1. The first-order chi connectivity index (χ1) is 6.77. The standard InChI is InChI=1S/C10H14N2OS/c1-8-6-9(7-14-8)10(13)12-4-2-11-3-5-12/h6-7,11H,2-5H2,1H3. The average Bonchev–Trinajstić information content (AvgIpc) is 2.65. The third-order valence-corrected chi connectivity index (χ3v) is 3.24. The van der Waals surface area contributed by atoms with Gasteiger partial charge in [0.15, 0.2) is 0 Å². The Hall–Kier alpha value is -0.870. The van der Waals surface area contributed by atoms with Gasteiger partial charge in [0.2, 0.25) is 0 Å². The number of amides is 1. The van der Waals surface area contributed by atoms with Gasteiger partial charge < -0.3 is 10.2 Å². The monoisotopic (exact) mass is 210 g/mol. The molecule has 0 aliphatic carbocycles. The highest BCUT2D eigenvalue weighted by atomic mass is 32.1. The maximum Gasteiger partial charge on any atom is 0.254 e.